The van der Waals surface area contributed by atoms with Crippen molar-refractivity contribution in [1.82, 2.24) is 0 Å². The van der Waals surface area contributed by atoms with Gasteiger partial charge in [-0.3, -0.25) is 0 Å². The minimum absolute atomic E-state index is 0.0606. The van der Waals surface area contributed by atoms with Gasteiger partial charge in [0.25, 0.3) is 6.48 Å². The first kappa shape index (κ1) is 35.0. The zero-order valence-corrected chi connectivity index (χ0v) is 25.2. The van der Waals surface area contributed by atoms with Gasteiger partial charge >= 0.3 is 0 Å². The number of nitrogens with zero attached hydrogens (tertiary/aromatic N) is 1. The summed E-state index contributed by atoms with van der Waals surface area (Å²) < 4.78 is 17.4. The third kappa shape index (κ3) is 26.8. The molecule has 0 amide bonds. The van der Waals surface area contributed by atoms with Gasteiger partial charge in [-0.1, -0.05) is 96.8 Å². The van der Waals surface area contributed by atoms with Gasteiger partial charge < -0.3 is 28.6 Å². The highest BCUT2D eigenvalue weighted by atomic mass is 28.2. The van der Waals surface area contributed by atoms with Crippen LogP contribution in [0.4, 0.5) is 0 Å². The van der Waals surface area contributed by atoms with E-state index in [2.05, 4.69) is 21.0 Å². The van der Waals surface area contributed by atoms with Crippen LogP contribution in [-0.4, -0.2) is 84.5 Å². The van der Waals surface area contributed by atoms with Crippen molar-refractivity contribution in [3.8, 4) is 0 Å². The van der Waals surface area contributed by atoms with Gasteiger partial charge in [0.15, 0.2) is 9.76 Å². The van der Waals surface area contributed by atoms with E-state index in [4.69, 9.17) is 24.1 Å². The van der Waals surface area contributed by atoms with Crippen molar-refractivity contribution >= 4 is 9.76 Å². The number of quaternary nitrogens is 1. The quantitative estimate of drug-likeness (QED) is 0.0587. The second-order valence-electron chi connectivity index (χ2n) is 10.7. The van der Waals surface area contributed by atoms with E-state index in [-0.39, 0.29) is 26.4 Å². The topological polar surface area (TPSA) is 68.2 Å². The summed E-state index contributed by atoms with van der Waals surface area (Å²) in [4.78, 5) is 0. The Kier molecular flexibility index (Phi) is 27.0. The van der Waals surface area contributed by atoms with E-state index in [0.717, 1.165) is 16.9 Å². The Balaban J connectivity index is 3.48. The first-order chi connectivity index (χ1) is 17.1. The predicted molar refractivity (Wildman–Crippen MR) is 150 cm³/mol. The molecule has 0 spiro atoms. The molecule has 35 heavy (non-hydrogen) atoms. The van der Waals surface area contributed by atoms with Crippen LogP contribution in [0.5, 0.6) is 0 Å². The van der Waals surface area contributed by atoms with Crippen molar-refractivity contribution in [3.63, 3.8) is 0 Å². The molecule has 7 heteroatoms. The molecule has 0 aromatic heterocycles. The Hall–Kier alpha value is -0.0231. The van der Waals surface area contributed by atoms with Gasteiger partial charge in [0, 0.05) is 0 Å². The highest BCUT2D eigenvalue weighted by molar-refractivity contribution is 6.27. The van der Waals surface area contributed by atoms with Crippen molar-refractivity contribution in [3.05, 3.63) is 0 Å². The lowest BCUT2D eigenvalue weighted by molar-refractivity contribution is -0.890. The van der Waals surface area contributed by atoms with Crippen molar-refractivity contribution in [1.29, 1.82) is 0 Å². The lowest BCUT2D eigenvalue weighted by Gasteiger charge is -2.30. The summed E-state index contributed by atoms with van der Waals surface area (Å²) in [5.74, 6) is 0. The second-order valence-corrected chi connectivity index (χ2v) is 12.2. The number of unbranched alkanes of at least 4 members (excludes halogenated alkanes) is 15. The maximum atomic E-state index is 8.87. The molecule has 0 atom stereocenters. The SMILES string of the molecule is CCCCCCCCCCCCCCCCCC[N+](C)(C)CCC[SiH2]OC(OCCO)OCCO. The first-order valence-corrected chi connectivity index (χ1v) is 16.5. The minimum atomic E-state index is -0.742. The summed E-state index contributed by atoms with van der Waals surface area (Å²) >= 11 is 0. The van der Waals surface area contributed by atoms with E-state index in [0.29, 0.717) is 0 Å². The summed E-state index contributed by atoms with van der Waals surface area (Å²) in [5, 5.41) is 17.7. The molecule has 0 fully saturated rings. The molecule has 0 saturated carbocycles. The van der Waals surface area contributed by atoms with E-state index in [1.54, 1.807) is 0 Å². The smallest absolute Gasteiger partial charge is 0.261 e. The van der Waals surface area contributed by atoms with Gasteiger partial charge in [-0.2, -0.15) is 0 Å². The lowest BCUT2D eigenvalue weighted by atomic mass is 10.0. The van der Waals surface area contributed by atoms with E-state index in [1.165, 1.54) is 116 Å². The van der Waals surface area contributed by atoms with Crippen LogP contribution in [0.2, 0.25) is 6.04 Å². The zero-order chi connectivity index (χ0) is 25.9. The number of hydrogen-bond donors (Lipinski definition) is 2. The standard InChI is InChI=1S/C28H62NO5Si/c1-4-5-6-7-8-9-10-11-12-13-14-15-16-17-18-19-21-29(2,3)22-20-27-35-34-28(32-25-23-30)33-26-24-31/h28,30-31H,4-27,35H2,1-3H3/q+1. The lowest BCUT2D eigenvalue weighted by Crippen LogP contribution is -2.41. The summed E-state index contributed by atoms with van der Waals surface area (Å²) in [5.41, 5.74) is 0. The third-order valence-corrected chi connectivity index (χ3v) is 8.02. The molecule has 0 heterocycles. The van der Waals surface area contributed by atoms with Crippen LogP contribution >= 0.6 is 0 Å². The van der Waals surface area contributed by atoms with E-state index < -0.39 is 16.2 Å². The molecule has 0 unspecified atom stereocenters. The Morgan fingerprint density at radius 3 is 1.43 bits per heavy atom. The van der Waals surface area contributed by atoms with Crippen molar-refractivity contribution in [2.45, 2.75) is 129 Å². The van der Waals surface area contributed by atoms with Gasteiger partial charge in [-0.05, 0) is 25.3 Å². The molecule has 0 rings (SSSR count). The average molecular weight is 521 g/mol. The molecular weight excluding hydrogens is 458 g/mol. The van der Waals surface area contributed by atoms with Gasteiger partial charge in [0.1, 0.15) is 0 Å². The fraction of sp³-hybridized carbons (Fsp3) is 1.00. The number of ether oxygens (including phenoxy) is 2. The van der Waals surface area contributed by atoms with Gasteiger partial charge in [-0.15, -0.1) is 0 Å². The highest BCUT2D eigenvalue weighted by Crippen LogP contribution is 2.14. The van der Waals surface area contributed by atoms with Gasteiger partial charge in [0.05, 0.1) is 53.6 Å². The Morgan fingerprint density at radius 2 is 1.00 bits per heavy atom. The molecule has 212 valence electrons. The van der Waals surface area contributed by atoms with Gasteiger partial charge in [-0.25, -0.2) is 0 Å². The monoisotopic (exact) mass is 520 g/mol. The van der Waals surface area contributed by atoms with E-state index in [1.807, 2.05) is 0 Å². The fourth-order valence-electron chi connectivity index (χ4n) is 4.46. The molecule has 0 aliphatic carbocycles. The first-order valence-electron chi connectivity index (χ1n) is 14.9. The van der Waals surface area contributed by atoms with Crippen LogP contribution in [0, 0.1) is 0 Å². The number of aliphatic hydroxyl groups is 2. The maximum Gasteiger partial charge on any atom is 0.261 e. The van der Waals surface area contributed by atoms with Crippen LogP contribution < -0.4 is 0 Å². The minimum Gasteiger partial charge on any atom is -0.394 e. The van der Waals surface area contributed by atoms with Crippen LogP contribution in [0.25, 0.3) is 0 Å². The van der Waals surface area contributed by atoms with E-state index >= 15 is 0 Å². The predicted octanol–water partition coefficient (Wildman–Crippen LogP) is 5.53. The summed E-state index contributed by atoms with van der Waals surface area (Å²) in [6, 6.07) is 1.09. The number of aliphatic hydroxyl groups excluding tert-OH is 2. The fourth-order valence-corrected chi connectivity index (χ4v) is 5.44. The van der Waals surface area contributed by atoms with Crippen molar-refractivity contribution in [2.24, 2.45) is 0 Å². The normalized spacial score (nSPS) is 12.5. The largest absolute Gasteiger partial charge is 0.394 e. The van der Waals surface area contributed by atoms with E-state index in [9.17, 15) is 0 Å². The molecular formula is C28H62NO5Si+. The highest BCUT2D eigenvalue weighted by Gasteiger charge is 2.15. The molecule has 0 aliphatic rings. The van der Waals surface area contributed by atoms with Crippen LogP contribution in [0.15, 0.2) is 0 Å². The van der Waals surface area contributed by atoms with Crippen LogP contribution in [0.1, 0.15) is 116 Å². The average Bonchev–Trinajstić information content (AvgIpc) is 2.84. The molecule has 0 aromatic rings. The van der Waals surface area contributed by atoms with Gasteiger partial charge in [0.2, 0.25) is 0 Å². The van der Waals surface area contributed by atoms with Crippen LogP contribution in [-0.2, 0) is 13.9 Å². The Labute approximate surface area is 220 Å². The maximum absolute atomic E-state index is 8.87. The molecule has 0 radical (unpaired) electrons. The third-order valence-electron chi connectivity index (χ3n) is 6.72. The molecule has 0 bridgehead atoms. The molecule has 0 aliphatic heterocycles. The second kappa shape index (κ2) is 27.0. The number of hydrogen-bond acceptors (Lipinski definition) is 5. The molecule has 6 nitrogen and oxygen atoms in total. The zero-order valence-electron chi connectivity index (χ0n) is 23.8. The van der Waals surface area contributed by atoms with Crippen molar-refractivity contribution < 1.29 is 28.6 Å². The summed E-state index contributed by atoms with van der Waals surface area (Å²) in [6.45, 7) is 4.23. The van der Waals surface area contributed by atoms with Crippen molar-refractivity contribution in [2.75, 3.05) is 53.6 Å². The molecule has 0 aromatic carbocycles. The molecule has 2 N–H and O–H groups in total. The Morgan fingerprint density at radius 1 is 0.600 bits per heavy atom. The summed E-state index contributed by atoms with van der Waals surface area (Å²) in [6.07, 6.45) is 23.9. The summed E-state index contributed by atoms with van der Waals surface area (Å²) in [7, 11) is 3.94. The van der Waals surface area contributed by atoms with Crippen LogP contribution in [0.3, 0.4) is 0 Å². The number of rotatable bonds is 29. The Bertz CT molecular complexity index is 407. The molecule has 0 saturated heterocycles.